The van der Waals surface area contributed by atoms with E-state index in [0.717, 1.165) is 32.1 Å². The third kappa shape index (κ3) is 51.2. The Morgan fingerprint density at radius 1 is 0.303 bits per heavy atom. The first-order valence-corrected chi connectivity index (χ1v) is 30.8. The van der Waals surface area contributed by atoms with Crippen molar-refractivity contribution in [2.75, 3.05) is 6.61 Å². The summed E-state index contributed by atoms with van der Waals surface area (Å²) in [4.78, 5) is 12.6. The van der Waals surface area contributed by atoms with Gasteiger partial charge in [-0.05, 0) is 12.8 Å². The Morgan fingerprint density at radius 2 is 0.485 bits per heavy atom. The van der Waals surface area contributed by atoms with E-state index in [-0.39, 0.29) is 6.61 Å². The van der Waals surface area contributed by atoms with Crippen LogP contribution in [0.3, 0.4) is 0 Å². The predicted molar refractivity (Wildman–Crippen MR) is 292 cm³/mol. The first-order valence-electron chi connectivity index (χ1n) is 30.8. The van der Waals surface area contributed by atoms with Gasteiger partial charge in [-0.15, -0.1) is 0 Å². The maximum Gasteiger partial charge on any atom is 0.249 e. The number of rotatable bonds is 58. The van der Waals surface area contributed by atoms with E-state index < -0.39 is 24.2 Å². The van der Waals surface area contributed by atoms with Crippen molar-refractivity contribution >= 4 is 5.91 Å². The summed E-state index contributed by atoms with van der Waals surface area (Å²) in [7, 11) is 0. The second-order valence-electron chi connectivity index (χ2n) is 21.6. The fourth-order valence-electron chi connectivity index (χ4n) is 10.2. The maximum atomic E-state index is 12.6. The highest BCUT2D eigenvalue weighted by atomic mass is 16.3. The van der Waals surface area contributed by atoms with Gasteiger partial charge in [0.2, 0.25) is 5.91 Å². The van der Waals surface area contributed by atoms with Gasteiger partial charge in [0.15, 0.2) is 0 Å². The highest BCUT2D eigenvalue weighted by Crippen LogP contribution is 2.19. The summed E-state index contributed by atoms with van der Waals surface area (Å²) in [6.07, 6.45) is 70.4. The van der Waals surface area contributed by atoms with Crippen molar-refractivity contribution in [3.8, 4) is 0 Å². The van der Waals surface area contributed by atoms with E-state index in [2.05, 4.69) is 19.2 Å². The van der Waals surface area contributed by atoms with E-state index in [1.165, 1.54) is 302 Å². The molecule has 5 nitrogen and oxygen atoms in total. The van der Waals surface area contributed by atoms with Gasteiger partial charge >= 0.3 is 0 Å². The van der Waals surface area contributed by atoms with Crippen LogP contribution in [0.15, 0.2) is 0 Å². The van der Waals surface area contributed by atoms with E-state index in [1.807, 2.05) is 0 Å². The molecule has 0 bridgehead atoms. The lowest BCUT2D eigenvalue weighted by molar-refractivity contribution is -0.131. The maximum absolute atomic E-state index is 12.6. The average molecular weight is 935 g/mol. The third-order valence-corrected chi connectivity index (χ3v) is 15.0. The molecular weight excluding hydrogens is 811 g/mol. The third-order valence-electron chi connectivity index (χ3n) is 15.0. The lowest BCUT2D eigenvalue weighted by Gasteiger charge is -2.23. The quantitative estimate of drug-likeness (QED) is 0.0458. The topological polar surface area (TPSA) is 89.8 Å². The van der Waals surface area contributed by atoms with Gasteiger partial charge in [-0.2, -0.15) is 0 Å². The minimum atomic E-state index is -1.07. The van der Waals surface area contributed by atoms with Crippen LogP contribution >= 0.6 is 0 Å². The van der Waals surface area contributed by atoms with E-state index in [1.54, 1.807) is 0 Å². The van der Waals surface area contributed by atoms with Crippen molar-refractivity contribution < 1.29 is 20.1 Å². The standard InChI is InChI=1S/C61H123NO4/c1-3-5-7-9-11-13-15-17-19-21-22-23-24-25-26-27-28-29-30-31-32-33-34-35-36-37-38-39-40-42-44-46-48-50-52-54-56-60(65)61(66)62-58(57-63)59(64)55-53-51-49-47-45-43-41-20-18-16-14-12-10-8-6-4-2/h58-60,63-65H,3-57H2,1-2H3,(H,62,66). The number of carbonyl (C=O) groups excluding carboxylic acids is 1. The molecule has 1 amide bonds. The number of hydrogen-bond acceptors (Lipinski definition) is 4. The Morgan fingerprint density at radius 3 is 0.682 bits per heavy atom. The first-order chi connectivity index (χ1) is 32.6. The van der Waals surface area contributed by atoms with Crippen LogP contribution in [0, 0.1) is 0 Å². The van der Waals surface area contributed by atoms with Crippen molar-refractivity contribution in [1.82, 2.24) is 5.32 Å². The zero-order valence-electron chi connectivity index (χ0n) is 45.4. The Kier molecular flexibility index (Phi) is 56.4. The van der Waals surface area contributed by atoms with E-state index >= 15 is 0 Å². The molecule has 0 saturated heterocycles. The number of unbranched alkanes of at least 4 members (excludes halogenated alkanes) is 50. The van der Waals surface area contributed by atoms with Crippen LogP contribution in [-0.4, -0.2) is 46.1 Å². The van der Waals surface area contributed by atoms with Crippen LogP contribution in [0.5, 0.6) is 0 Å². The Bertz CT molecular complexity index is 898. The molecule has 0 saturated carbocycles. The molecule has 396 valence electrons. The molecule has 0 aromatic heterocycles. The van der Waals surface area contributed by atoms with Gasteiger partial charge in [0.25, 0.3) is 0 Å². The molecule has 5 heteroatoms. The molecule has 0 radical (unpaired) electrons. The summed E-state index contributed by atoms with van der Waals surface area (Å²) in [6, 6.07) is -0.707. The number of aliphatic hydroxyl groups is 3. The summed E-state index contributed by atoms with van der Waals surface area (Å²) in [5.74, 6) is -0.462. The molecule has 0 aromatic carbocycles. The number of hydrogen-bond donors (Lipinski definition) is 4. The minimum absolute atomic E-state index is 0.307. The second-order valence-corrected chi connectivity index (χ2v) is 21.6. The summed E-state index contributed by atoms with van der Waals surface area (Å²) in [6.45, 7) is 4.28. The van der Waals surface area contributed by atoms with Crippen molar-refractivity contribution in [1.29, 1.82) is 0 Å². The monoisotopic (exact) mass is 934 g/mol. The van der Waals surface area contributed by atoms with Crippen molar-refractivity contribution in [2.45, 2.75) is 379 Å². The number of aliphatic hydroxyl groups excluding tert-OH is 3. The molecule has 0 aromatic rings. The average Bonchev–Trinajstić information content (AvgIpc) is 3.32. The zero-order valence-corrected chi connectivity index (χ0v) is 45.4. The zero-order chi connectivity index (χ0) is 47.9. The smallest absolute Gasteiger partial charge is 0.249 e. The molecule has 66 heavy (non-hydrogen) atoms. The van der Waals surface area contributed by atoms with Crippen LogP contribution in [0.4, 0.5) is 0 Å². The molecular formula is C61H123NO4. The minimum Gasteiger partial charge on any atom is -0.394 e. The molecule has 3 unspecified atom stereocenters. The molecule has 3 atom stereocenters. The van der Waals surface area contributed by atoms with Crippen LogP contribution in [-0.2, 0) is 4.79 Å². The normalized spacial score (nSPS) is 13.1. The summed E-state index contributed by atoms with van der Waals surface area (Å²) >= 11 is 0. The molecule has 0 heterocycles. The highest BCUT2D eigenvalue weighted by Gasteiger charge is 2.23. The fraction of sp³-hybridized carbons (Fsp3) is 0.984. The largest absolute Gasteiger partial charge is 0.394 e. The molecule has 4 N–H and O–H groups in total. The lowest BCUT2D eigenvalue weighted by Crippen LogP contribution is -2.49. The van der Waals surface area contributed by atoms with Gasteiger partial charge in [0.05, 0.1) is 18.8 Å². The number of amides is 1. The molecule has 0 aliphatic rings. The van der Waals surface area contributed by atoms with Crippen LogP contribution in [0.25, 0.3) is 0 Å². The molecule has 0 rings (SSSR count). The molecule has 0 aliphatic carbocycles. The summed E-state index contributed by atoms with van der Waals surface area (Å²) in [5.41, 5.74) is 0. The van der Waals surface area contributed by atoms with Crippen LogP contribution < -0.4 is 5.32 Å². The van der Waals surface area contributed by atoms with Gasteiger partial charge in [-0.1, -0.05) is 348 Å². The van der Waals surface area contributed by atoms with Crippen molar-refractivity contribution in [3.05, 3.63) is 0 Å². The van der Waals surface area contributed by atoms with E-state index in [9.17, 15) is 20.1 Å². The SMILES string of the molecule is CCCCCCCCCCCCCCCCCCCCCCCCCCCCCCCCCCCCCCC(O)C(=O)NC(CO)C(O)CCCCCCCCCCCCCCCCCC. The summed E-state index contributed by atoms with van der Waals surface area (Å²) in [5, 5.41) is 33.5. The van der Waals surface area contributed by atoms with Gasteiger partial charge in [-0.25, -0.2) is 0 Å². The second kappa shape index (κ2) is 56.9. The van der Waals surface area contributed by atoms with Gasteiger partial charge in [0.1, 0.15) is 6.10 Å². The number of nitrogens with one attached hydrogen (secondary N) is 1. The van der Waals surface area contributed by atoms with Crippen LogP contribution in [0.1, 0.15) is 361 Å². The van der Waals surface area contributed by atoms with Gasteiger partial charge in [-0.3, -0.25) is 4.79 Å². The Balaban J connectivity index is 3.40. The lowest BCUT2D eigenvalue weighted by atomic mass is 10.0. The Hall–Kier alpha value is -0.650. The number of carbonyl (C=O) groups is 1. The first kappa shape index (κ1) is 65.3. The van der Waals surface area contributed by atoms with Crippen molar-refractivity contribution in [3.63, 3.8) is 0 Å². The predicted octanol–water partition coefficient (Wildman–Crippen LogP) is 19.3. The molecule has 0 aliphatic heterocycles. The van der Waals surface area contributed by atoms with Crippen LogP contribution in [0.2, 0.25) is 0 Å². The van der Waals surface area contributed by atoms with Gasteiger partial charge < -0.3 is 20.6 Å². The molecule has 0 fully saturated rings. The van der Waals surface area contributed by atoms with E-state index in [0.29, 0.717) is 12.8 Å². The highest BCUT2D eigenvalue weighted by molar-refractivity contribution is 5.80. The van der Waals surface area contributed by atoms with Crippen molar-refractivity contribution in [2.24, 2.45) is 0 Å². The van der Waals surface area contributed by atoms with Gasteiger partial charge in [0, 0.05) is 0 Å². The Labute approximate surface area is 415 Å². The fourth-order valence-corrected chi connectivity index (χ4v) is 10.2. The van der Waals surface area contributed by atoms with E-state index in [4.69, 9.17) is 0 Å². The molecule has 0 spiro atoms. The summed E-state index contributed by atoms with van der Waals surface area (Å²) < 4.78 is 0.